The van der Waals surface area contributed by atoms with Crippen molar-refractivity contribution in [3.05, 3.63) is 64.5 Å². The number of non-ortho nitro benzene ring substituents is 1. The van der Waals surface area contributed by atoms with Gasteiger partial charge in [0, 0.05) is 45.6 Å². The van der Waals surface area contributed by atoms with Crippen LogP contribution in [0.3, 0.4) is 0 Å². The van der Waals surface area contributed by atoms with Crippen LogP contribution >= 0.6 is 0 Å². The molecule has 186 valence electrons. The van der Waals surface area contributed by atoms with E-state index in [9.17, 15) is 14.9 Å². The maximum atomic E-state index is 12.2. The number of nitro benzene ring substituents is 1. The van der Waals surface area contributed by atoms with Crippen LogP contribution in [-0.2, 0) is 13.0 Å². The summed E-state index contributed by atoms with van der Waals surface area (Å²) in [6.07, 6.45) is 4.56. The number of unbranched alkanes of at least 4 members (excludes halogenated alkanes) is 2. The summed E-state index contributed by atoms with van der Waals surface area (Å²) in [6.45, 7) is 3.38. The molecule has 2 heterocycles. The number of pyridine rings is 1. The first-order valence-electron chi connectivity index (χ1n) is 11.8. The van der Waals surface area contributed by atoms with E-state index in [-0.39, 0.29) is 8.54 Å². The van der Waals surface area contributed by atoms with Crippen molar-refractivity contribution >= 4 is 45.2 Å². The monoisotopic (exact) mass is 479 g/mol. The standard InChI is InChI=1S/C25H29N7O3.2H2/c1-2-3-13-21-30-22-23(19-11-4-5-12-20(19)29-24(22)26)31(21)15-7-6-14-27-25(33)28-17-9-8-10-18(16-17)32(34)35;;/h4-5,8-12,16H,2-3,6-7,13-15H2,1H3,(H2,26,29)(H2,27,28,33);2*1H. The highest BCUT2D eigenvalue weighted by atomic mass is 16.6. The molecule has 0 atom stereocenters. The summed E-state index contributed by atoms with van der Waals surface area (Å²) in [4.78, 5) is 32.0. The summed E-state index contributed by atoms with van der Waals surface area (Å²) in [7, 11) is 0. The number of urea groups is 1. The Bertz CT molecular complexity index is 1380. The lowest BCUT2D eigenvalue weighted by Gasteiger charge is -2.11. The van der Waals surface area contributed by atoms with Crippen LogP contribution in [0.2, 0.25) is 0 Å². The van der Waals surface area contributed by atoms with Gasteiger partial charge in [-0.2, -0.15) is 0 Å². The third-order valence-corrected chi connectivity index (χ3v) is 5.85. The zero-order valence-electron chi connectivity index (χ0n) is 19.7. The SMILES string of the molecule is CCCCc1nc2c(N)nc3ccccc3c2n1CCCCNC(=O)Nc1cccc([N+](=O)[O-])c1.[HH].[HH]. The molecule has 0 aliphatic rings. The first kappa shape index (κ1) is 23.9. The van der Waals surface area contributed by atoms with Gasteiger partial charge in [0.15, 0.2) is 5.82 Å². The topological polar surface area (TPSA) is 141 Å². The van der Waals surface area contributed by atoms with Crippen molar-refractivity contribution in [3.63, 3.8) is 0 Å². The van der Waals surface area contributed by atoms with Crippen molar-refractivity contribution < 1.29 is 12.6 Å². The molecule has 2 aromatic carbocycles. The Morgan fingerprint density at radius 3 is 2.77 bits per heavy atom. The second kappa shape index (κ2) is 10.8. The normalized spacial score (nSPS) is 11.1. The van der Waals surface area contributed by atoms with Gasteiger partial charge >= 0.3 is 6.03 Å². The van der Waals surface area contributed by atoms with Crippen molar-refractivity contribution in [2.45, 2.75) is 45.6 Å². The molecule has 4 aromatic rings. The lowest BCUT2D eigenvalue weighted by atomic mass is 10.2. The van der Waals surface area contributed by atoms with Crippen molar-refractivity contribution in [3.8, 4) is 0 Å². The summed E-state index contributed by atoms with van der Waals surface area (Å²) in [5, 5.41) is 17.4. The van der Waals surface area contributed by atoms with Gasteiger partial charge in [-0.1, -0.05) is 37.6 Å². The van der Waals surface area contributed by atoms with Crippen molar-refractivity contribution in [1.29, 1.82) is 0 Å². The van der Waals surface area contributed by atoms with Crippen LogP contribution in [0.25, 0.3) is 21.9 Å². The molecule has 0 radical (unpaired) electrons. The first-order valence-corrected chi connectivity index (χ1v) is 11.8. The Labute approximate surface area is 205 Å². The smallest absolute Gasteiger partial charge is 0.319 e. The van der Waals surface area contributed by atoms with Crippen LogP contribution in [0, 0.1) is 10.1 Å². The lowest BCUT2D eigenvalue weighted by molar-refractivity contribution is -0.384. The van der Waals surface area contributed by atoms with E-state index in [1.165, 1.54) is 18.2 Å². The molecule has 0 aliphatic carbocycles. The number of aryl methyl sites for hydroxylation is 2. The molecule has 10 nitrogen and oxygen atoms in total. The average molecular weight is 480 g/mol. The molecular weight excluding hydrogens is 446 g/mol. The molecule has 2 aromatic heterocycles. The number of hydrogen-bond acceptors (Lipinski definition) is 6. The Hall–Kier alpha value is -4.21. The van der Waals surface area contributed by atoms with Crippen LogP contribution in [0.5, 0.6) is 0 Å². The fourth-order valence-electron chi connectivity index (χ4n) is 4.14. The molecule has 0 saturated heterocycles. The van der Waals surface area contributed by atoms with Gasteiger partial charge in [0.1, 0.15) is 11.3 Å². The molecular formula is C25H33N7O3. The quantitative estimate of drug-likeness (QED) is 0.155. The van der Waals surface area contributed by atoms with E-state index in [4.69, 9.17) is 10.7 Å². The molecule has 2 amide bonds. The Morgan fingerprint density at radius 1 is 1.14 bits per heavy atom. The van der Waals surface area contributed by atoms with Crippen LogP contribution < -0.4 is 16.4 Å². The predicted molar refractivity (Wildman–Crippen MR) is 142 cm³/mol. The van der Waals surface area contributed by atoms with E-state index < -0.39 is 11.0 Å². The maximum Gasteiger partial charge on any atom is 0.319 e. The van der Waals surface area contributed by atoms with Gasteiger partial charge in [-0.15, -0.1) is 0 Å². The lowest BCUT2D eigenvalue weighted by Crippen LogP contribution is -2.29. The number of nitrogen functional groups attached to an aromatic ring is 1. The highest BCUT2D eigenvalue weighted by Gasteiger charge is 2.17. The zero-order chi connectivity index (χ0) is 24.8. The molecule has 4 rings (SSSR count). The number of rotatable bonds is 10. The number of imidazole rings is 1. The number of amides is 2. The molecule has 0 aliphatic heterocycles. The molecule has 0 saturated carbocycles. The minimum Gasteiger partial charge on any atom is -0.382 e. The molecule has 0 unspecified atom stereocenters. The number of nitrogens with zero attached hydrogens (tertiary/aromatic N) is 4. The van der Waals surface area contributed by atoms with E-state index in [0.29, 0.717) is 18.1 Å². The Morgan fingerprint density at radius 2 is 1.97 bits per heavy atom. The second-order valence-corrected chi connectivity index (χ2v) is 8.39. The van der Waals surface area contributed by atoms with Gasteiger partial charge in [0.25, 0.3) is 5.69 Å². The number of hydrogen-bond donors (Lipinski definition) is 3. The summed E-state index contributed by atoms with van der Waals surface area (Å²) in [5.41, 5.74) is 9.15. The molecule has 0 bridgehead atoms. The number of aromatic nitrogens is 3. The number of nitrogens with two attached hydrogens (primary N) is 1. The second-order valence-electron chi connectivity index (χ2n) is 8.39. The zero-order valence-corrected chi connectivity index (χ0v) is 19.7. The van der Waals surface area contributed by atoms with E-state index in [0.717, 1.165) is 66.4 Å². The number of carbonyl (C=O) groups excluding carboxylic acids is 1. The predicted octanol–water partition coefficient (Wildman–Crippen LogP) is 5.51. The van der Waals surface area contributed by atoms with Gasteiger partial charge < -0.3 is 20.9 Å². The largest absolute Gasteiger partial charge is 0.382 e. The number of nitrogens with one attached hydrogen (secondary N) is 2. The van der Waals surface area contributed by atoms with Gasteiger partial charge in [-0.05, 0) is 31.4 Å². The fourth-order valence-corrected chi connectivity index (χ4v) is 4.14. The molecule has 0 spiro atoms. The summed E-state index contributed by atoms with van der Waals surface area (Å²) in [6, 6.07) is 13.4. The molecule has 35 heavy (non-hydrogen) atoms. The third-order valence-electron chi connectivity index (χ3n) is 5.85. The molecule has 10 heteroatoms. The van der Waals surface area contributed by atoms with E-state index in [1.807, 2.05) is 24.3 Å². The van der Waals surface area contributed by atoms with Crippen LogP contribution in [-0.4, -0.2) is 32.0 Å². The van der Waals surface area contributed by atoms with Crippen LogP contribution in [0.15, 0.2) is 48.5 Å². The van der Waals surface area contributed by atoms with Crippen molar-refractivity contribution in [1.82, 2.24) is 19.9 Å². The first-order chi connectivity index (χ1) is 17.0. The summed E-state index contributed by atoms with van der Waals surface area (Å²) < 4.78 is 2.24. The number of para-hydroxylation sites is 1. The molecule has 4 N–H and O–H groups in total. The highest BCUT2D eigenvalue weighted by molar-refractivity contribution is 6.06. The van der Waals surface area contributed by atoms with Gasteiger partial charge in [-0.25, -0.2) is 14.8 Å². The summed E-state index contributed by atoms with van der Waals surface area (Å²) >= 11 is 0. The van der Waals surface area contributed by atoms with Gasteiger partial charge in [0.05, 0.1) is 16.0 Å². The minimum absolute atomic E-state index is 0. The van der Waals surface area contributed by atoms with E-state index in [1.54, 1.807) is 6.07 Å². The number of anilines is 2. The highest BCUT2D eigenvalue weighted by Crippen LogP contribution is 2.29. The van der Waals surface area contributed by atoms with Gasteiger partial charge in [-0.3, -0.25) is 10.1 Å². The van der Waals surface area contributed by atoms with E-state index in [2.05, 4.69) is 27.1 Å². The van der Waals surface area contributed by atoms with Gasteiger partial charge in [0.2, 0.25) is 0 Å². The third kappa shape index (κ3) is 5.48. The van der Waals surface area contributed by atoms with Crippen LogP contribution in [0.4, 0.5) is 22.0 Å². The number of benzene rings is 2. The van der Waals surface area contributed by atoms with Crippen molar-refractivity contribution in [2.24, 2.45) is 0 Å². The van der Waals surface area contributed by atoms with Crippen LogP contribution in [0.1, 0.15) is 41.3 Å². The van der Waals surface area contributed by atoms with E-state index >= 15 is 0 Å². The maximum absolute atomic E-state index is 12.2. The van der Waals surface area contributed by atoms with Crippen molar-refractivity contribution in [2.75, 3.05) is 17.6 Å². The fraction of sp³-hybridized carbons (Fsp3) is 0.320. The number of carbonyl (C=O) groups is 1. The average Bonchev–Trinajstić information content (AvgIpc) is 3.22. The summed E-state index contributed by atoms with van der Waals surface area (Å²) in [5.74, 6) is 1.44. The molecule has 0 fully saturated rings. The Balaban J connectivity index is 0.00000241. The minimum atomic E-state index is -0.495. The number of fused-ring (bicyclic) bond motifs is 3. The Kier molecular flexibility index (Phi) is 7.39. The number of nitro groups is 1.